The third-order valence-electron chi connectivity index (χ3n) is 1.93. The first-order chi connectivity index (χ1) is 6.29. The summed E-state index contributed by atoms with van der Waals surface area (Å²) in [5.41, 5.74) is 0. The van der Waals surface area contributed by atoms with Crippen LogP contribution in [0.2, 0.25) is 0 Å². The Balaban J connectivity index is 3.01. The van der Waals surface area contributed by atoms with Crippen molar-refractivity contribution >= 4 is 3.27 Å². The van der Waals surface area contributed by atoms with Gasteiger partial charge in [0.1, 0.15) is 0 Å². The zero-order valence-electron chi connectivity index (χ0n) is 8.11. The van der Waals surface area contributed by atoms with Crippen LogP contribution in [0.15, 0.2) is 30.3 Å². The zero-order valence-corrected chi connectivity index (χ0v) is 10.6. The molecule has 0 atom stereocenters. The monoisotopic (exact) mass is 260 g/mol. The fraction of sp³-hybridized carbons (Fsp3) is 0.333. The second kappa shape index (κ2) is 5.01. The van der Waals surface area contributed by atoms with Gasteiger partial charge in [-0.15, -0.1) is 0 Å². The van der Waals surface area contributed by atoms with Crippen LogP contribution in [0.25, 0.3) is 0 Å². The molecule has 0 aliphatic rings. The zero-order chi connectivity index (χ0) is 9.73. The van der Waals surface area contributed by atoms with Crippen LogP contribution in [0, 0.1) is 0 Å². The van der Waals surface area contributed by atoms with E-state index in [-0.39, 0.29) is 0 Å². The summed E-state index contributed by atoms with van der Waals surface area (Å²) in [6, 6.07) is 9.83. The van der Waals surface area contributed by atoms with E-state index in [0.29, 0.717) is 0 Å². The van der Waals surface area contributed by atoms with Crippen LogP contribution in [0.3, 0.4) is 0 Å². The molecule has 0 radical (unpaired) electrons. The van der Waals surface area contributed by atoms with Crippen LogP contribution in [-0.4, -0.2) is 21.3 Å². The van der Waals surface area contributed by atoms with Crippen molar-refractivity contribution in [3.8, 4) is 0 Å². The maximum absolute atomic E-state index is 5.39. The van der Waals surface area contributed by atoms with Gasteiger partial charge >= 0.3 is 85.0 Å². The molecule has 0 saturated carbocycles. The van der Waals surface area contributed by atoms with Crippen LogP contribution in [0.4, 0.5) is 0 Å². The second-order valence-electron chi connectivity index (χ2n) is 2.53. The molecule has 0 saturated heterocycles. The van der Waals surface area contributed by atoms with Crippen molar-refractivity contribution in [1.82, 2.24) is 0 Å². The molecule has 0 bridgehead atoms. The van der Waals surface area contributed by atoms with E-state index in [1.165, 1.54) is 0 Å². The van der Waals surface area contributed by atoms with E-state index in [0.717, 1.165) is 3.27 Å². The normalized spacial score (nSPS) is 11.6. The van der Waals surface area contributed by atoms with Crippen molar-refractivity contribution in [3.63, 3.8) is 0 Å². The Morgan fingerprint density at radius 1 is 0.846 bits per heavy atom. The van der Waals surface area contributed by atoms with Gasteiger partial charge in [-0.25, -0.2) is 0 Å². The average Bonchev–Trinajstić information content (AvgIpc) is 2.23. The van der Waals surface area contributed by atoms with Crippen molar-refractivity contribution in [3.05, 3.63) is 30.3 Å². The second-order valence-corrected chi connectivity index (χ2v) is 9.70. The molecule has 13 heavy (non-hydrogen) atoms. The Kier molecular flexibility index (Phi) is 4.26. The van der Waals surface area contributed by atoms with Crippen LogP contribution >= 0.6 is 0 Å². The maximum atomic E-state index is 5.39. The summed E-state index contributed by atoms with van der Waals surface area (Å²) >= 11 is -3.37. The number of hydrogen-bond acceptors (Lipinski definition) is 3. The molecule has 0 spiro atoms. The summed E-state index contributed by atoms with van der Waals surface area (Å²) in [5.74, 6) is 0. The van der Waals surface area contributed by atoms with Crippen molar-refractivity contribution in [2.24, 2.45) is 0 Å². The third-order valence-corrected chi connectivity index (χ3v) is 8.45. The van der Waals surface area contributed by atoms with Gasteiger partial charge in [-0.2, -0.15) is 0 Å². The first kappa shape index (κ1) is 11.1. The topological polar surface area (TPSA) is 27.7 Å². The molecule has 0 fully saturated rings. The van der Waals surface area contributed by atoms with E-state index in [1.807, 2.05) is 30.3 Å². The molecule has 72 valence electrons. The van der Waals surface area contributed by atoms with Crippen molar-refractivity contribution in [1.29, 1.82) is 0 Å². The van der Waals surface area contributed by atoms with E-state index in [2.05, 4.69) is 0 Å². The average molecular weight is 261 g/mol. The van der Waals surface area contributed by atoms with E-state index in [4.69, 9.17) is 8.44 Å². The van der Waals surface area contributed by atoms with Gasteiger partial charge in [0.15, 0.2) is 0 Å². The van der Waals surface area contributed by atoms with E-state index >= 15 is 0 Å². The van der Waals surface area contributed by atoms with Gasteiger partial charge in [0.05, 0.1) is 0 Å². The molecule has 1 aromatic carbocycles. The Labute approximate surface area is 84.9 Å². The predicted molar refractivity (Wildman–Crippen MR) is 47.1 cm³/mol. The van der Waals surface area contributed by atoms with Gasteiger partial charge in [-0.3, -0.25) is 0 Å². The van der Waals surface area contributed by atoms with Crippen molar-refractivity contribution in [2.75, 3.05) is 21.3 Å². The first-order valence-electron chi connectivity index (χ1n) is 4.00. The molecule has 0 heterocycles. The third kappa shape index (κ3) is 2.26. The van der Waals surface area contributed by atoms with Gasteiger partial charge in [0.2, 0.25) is 0 Å². The van der Waals surface area contributed by atoms with Crippen LogP contribution in [0.1, 0.15) is 0 Å². The van der Waals surface area contributed by atoms with Crippen LogP contribution < -0.4 is 3.27 Å². The van der Waals surface area contributed by atoms with Gasteiger partial charge in [-0.1, -0.05) is 0 Å². The molecular weight excluding hydrogens is 247 g/mol. The van der Waals surface area contributed by atoms with E-state index in [1.54, 1.807) is 21.3 Å². The van der Waals surface area contributed by atoms with Gasteiger partial charge < -0.3 is 0 Å². The molecule has 0 aromatic heterocycles. The Bertz CT molecular complexity index is 238. The summed E-state index contributed by atoms with van der Waals surface area (Å²) < 4.78 is 17.2. The molecule has 3 nitrogen and oxygen atoms in total. The summed E-state index contributed by atoms with van der Waals surface area (Å²) in [6.07, 6.45) is 0. The Morgan fingerprint density at radius 3 is 1.69 bits per heavy atom. The van der Waals surface area contributed by atoms with Gasteiger partial charge in [0, 0.05) is 0 Å². The first-order valence-corrected chi connectivity index (χ1v) is 8.24. The van der Waals surface area contributed by atoms with E-state index < -0.39 is 21.6 Å². The molecule has 1 rings (SSSR count). The molecule has 0 aliphatic carbocycles. The minimum absolute atomic E-state index is 1.05. The van der Waals surface area contributed by atoms with Gasteiger partial charge in [0.25, 0.3) is 0 Å². The van der Waals surface area contributed by atoms with E-state index in [9.17, 15) is 0 Å². The molecule has 1 aromatic rings. The standard InChI is InChI=1S/C6H5.3CH3O.Zr/c1-2-4-6-5-3-1;3*1-2;/h1-5H;3*1H3;/q;3*-1;+3. The van der Waals surface area contributed by atoms with Crippen LogP contribution in [0.5, 0.6) is 0 Å². The molecule has 0 N–H and O–H groups in total. The Hall–Kier alpha value is -0.0169. The fourth-order valence-electron chi connectivity index (χ4n) is 1.25. The summed E-state index contributed by atoms with van der Waals surface area (Å²) in [4.78, 5) is 0. The number of benzene rings is 1. The molecule has 0 aliphatic heterocycles. The number of rotatable bonds is 4. The van der Waals surface area contributed by atoms with Gasteiger partial charge in [-0.05, 0) is 0 Å². The SMILES string of the molecule is C[O][Zr]([O]C)([O]C)[c]1ccccc1. The molecule has 4 heteroatoms. The number of hydrogen-bond donors (Lipinski definition) is 0. The van der Waals surface area contributed by atoms with Crippen molar-refractivity contribution < 1.29 is 30.0 Å². The minimum atomic E-state index is -3.37. The summed E-state index contributed by atoms with van der Waals surface area (Å²) in [7, 11) is 4.90. The van der Waals surface area contributed by atoms with Crippen molar-refractivity contribution in [2.45, 2.75) is 0 Å². The molecular formula is C9H14O3Zr. The quantitative estimate of drug-likeness (QED) is 0.814. The Morgan fingerprint density at radius 2 is 1.31 bits per heavy atom. The molecule has 0 unspecified atom stereocenters. The summed E-state index contributed by atoms with van der Waals surface area (Å²) in [6.45, 7) is 0. The molecule has 0 amide bonds. The fourth-order valence-corrected chi connectivity index (χ4v) is 5.69. The summed E-state index contributed by atoms with van der Waals surface area (Å²) in [5, 5.41) is 0. The van der Waals surface area contributed by atoms with Crippen LogP contribution in [-0.2, 0) is 30.0 Å². The predicted octanol–water partition coefficient (Wildman–Crippen LogP) is 1.15.